The molecule has 6 heteroatoms. The van der Waals surface area contributed by atoms with Crippen molar-refractivity contribution in [1.82, 2.24) is 0 Å². The van der Waals surface area contributed by atoms with Crippen LogP contribution in [0, 0.1) is 0 Å². The Morgan fingerprint density at radius 3 is 0.783 bits per heavy atom. The Balaban J connectivity index is 4.11. The third-order valence-corrected chi connectivity index (χ3v) is 16.2. The zero-order valence-electron chi connectivity index (χ0n) is 55.5. The van der Waals surface area contributed by atoms with Gasteiger partial charge in [0.05, 0.1) is 0 Å². The lowest BCUT2D eigenvalue weighted by atomic mass is 10.0. The van der Waals surface area contributed by atoms with Gasteiger partial charge in [-0.25, -0.2) is 0 Å². The van der Waals surface area contributed by atoms with Crippen LogP contribution in [-0.4, -0.2) is 37.2 Å². The van der Waals surface area contributed by atoms with Gasteiger partial charge < -0.3 is 14.2 Å². The van der Waals surface area contributed by atoms with Crippen molar-refractivity contribution >= 4 is 17.9 Å². The fourth-order valence-corrected chi connectivity index (χ4v) is 10.8. The molecule has 1 unspecified atom stereocenters. The van der Waals surface area contributed by atoms with E-state index in [1.54, 1.807) is 0 Å². The van der Waals surface area contributed by atoms with E-state index in [4.69, 9.17) is 14.2 Å². The highest BCUT2D eigenvalue weighted by molar-refractivity contribution is 5.71. The van der Waals surface area contributed by atoms with Crippen molar-refractivity contribution in [3.63, 3.8) is 0 Å². The average molecular weight is 1160 g/mol. The molecule has 0 aromatic carbocycles. The quantitative estimate of drug-likeness (QED) is 0.0261. The highest BCUT2D eigenvalue weighted by atomic mass is 16.6. The third kappa shape index (κ3) is 69.5. The van der Waals surface area contributed by atoms with Crippen LogP contribution in [-0.2, 0) is 28.6 Å². The standard InChI is InChI=1S/C77H138O6/c1-4-7-10-13-16-19-22-25-28-29-30-31-32-33-34-35-36-37-38-39-40-41-42-43-44-45-46-47-50-52-55-58-61-64-67-70-76(79)82-73-74(83-77(80)71-68-65-62-59-56-53-49-27-24-21-18-15-12-9-6-3)72-81-75(78)69-66-63-60-57-54-51-48-26-23-20-17-14-11-8-5-2/h9,12,17-18,20-21,26-27,48-49,56,59,74H,4-8,10-11,13-16,19,22-25,28-47,50-55,57-58,60-73H2,1-3H3/b12-9-,20-17-,21-18-,48-26-,49-27-,59-56-. The number of rotatable bonds is 67. The summed E-state index contributed by atoms with van der Waals surface area (Å²) < 4.78 is 16.9. The Morgan fingerprint density at radius 2 is 0.470 bits per heavy atom. The number of unbranched alkanes of at least 4 members (excludes halogenated alkanes) is 44. The number of hydrogen-bond donors (Lipinski definition) is 0. The normalized spacial score (nSPS) is 12.5. The van der Waals surface area contributed by atoms with Crippen LogP contribution in [0.2, 0.25) is 0 Å². The minimum atomic E-state index is -0.803. The molecule has 0 heterocycles. The summed E-state index contributed by atoms with van der Waals surface area (Å²) in [5, 5.41) is 0. The van der Waals surface area contributed by atoms with E-state index in [9.17, 15) is 14.4 Å². The third-order valence-electron chi connectivity index (χ3n) is 16.2. The molecule has 0 radical (unpaired) electrons. The number of esters is 3. The van der Waals surface area contributed by atoms with Crippen LogP contribution in [0.3, 0.4) is 0 Å². The van der Waals surface area contributed by atoms with Crippen LogP contribution in [0.1, 0.15) is 380 Å². The van der Waals surface area contributed by atoms with Gasteiger partial charge in [0.25, 0.3) is 0 Å². The molecule has 0 bridgehead atoms. The van der Waals surface area contributed by atoms with Crippen molar-refractivity contribution in [3.05, 3.63) is 72.9 Å². The molecule has 0 amide bonds. The van der Waals surface area contributed by atoms with Crippen LogP contribution >= 0.6 is 0 Å². The Hall–Kier alpha value is -3.15. The van der Waals surface area contributed by atoms with Crippen LogP contribution in [0.4, 0.5) is 0 Å². The number of ether oxygens (including phenoxy) is 3. The maximum atomic E-state index is 12.9. The van der Waals surface area contributed by atoms with Crippen LogP contribution in [0.5, 0.6) is 0 Å². The van der Waals surface area contributed by atoms with Gasteiger partial charge in [0, 0.05) is 19.3 Å². The van der Waals surface area contributed by atoms with Crippen molar-refractivity contribution < 1.29 is 28.6 Å². The van der Waals surface area contributed by atoms with Gasteiger partial charge >= 0.3 is 17.9 Å². The average Bonchev–Trinajstić information content (AvgIpc) is 3.50. The zero-order chi connectivity index (χ0) is 59.9. The molecule has 0 aliphatic heterocycles. The van der Waals surface area contributed by atoms with E-state index in [0.29, 0.717) is 19.3 Å². The van der Waals surface area contributed by atoms with Crippen molar-refractivity contribution in [2.45, 2.75) is 386 Å². The summed E-state index contributed by atoms with van der Waals surface area (Å²) in [4.78, 5) is 38.3. The predicted octanol–water partition coefficient (Wildman–Crippen LogP) is 25.2. The topological polar surface area (TPSA) is 78.9 Å². The zero-order valence-corrected chi connectivity index (χ0v) is 55.5. The Kier molecular flexibility index (Phi) is 68.6. The minimum absolute atomic E-state index is 0.0941. The molecule has 0 aliphatic rings. The summed E-state index contributed by atoms with van der Waals surface area (Å²) in [6.45, 7) is 6.50. The Bertz CT molecular complexity index is 1520. The van der Waals surface area contributed by atoms with Crippen LogP contribution in [0.25, 0.3) is 0 Å². The van der Waals surface area contributed by atoms with Gasteiger partial charge in [0.1, 0.15) is 13.2 Å². The molecule has 0 saturated carbocycles. The summed E-state index contributed by atoms with van der Waals surface area (Å²) in [5.41, 5.74) is 0. The minimum Gasteiger partial charge on any atom is -0.462 e. The smallest absolute Gasteiger partial charge is 0.306 e. The lowest BCUT2D eigenvalue weighted by Crippen LogP contribution is -2.30. The summed E-state index contributed by atoms with van der Waals surface area (Å²) in [6.07, 6.45) is 94.0. The summed E-state index contributed by atoms with van der Waals surface area (Å²) in [7, 11) is 0. The van der Waals surface area contributed by atoms with Gasteiger partial charge in [0.2, 0.25) is 0 Å². The molecule has 83 heavy (non-hydrogen) atoms. The predicted molar refractivity (Wildman–Crippen MR) is 362 cm³/mol. The fraction of sp³-hybridized carbons (Fsp3) is 0.805. The molecular formula is C77H138O6. The molecule has 0 spiro atoms. The Morgan fingerprint density at radius 1 is 0.253 bits per heavy atom. The van der Waals surface area contributed by atoms with Crippen molar-refractivity contribution in [3.8, 4) is 0 Å². The molecule has 0 aliphatic carbocycles. The van der Waals surface area contributed by atoms with E-state index in [-0.39, 0.29) is 37.5 Å². The van der Waals surface area contributed by atoms with E-state index >= 15 is 0 Å². The second-order valence-corrected chi connectivity index (χ2v) is 24.5. The molecule has 0 fully saturated rings. The molecule has 0 aromatic rings. The maximum Gasteiger partial charge on any atom is 0.306 e. The first-order valence-corrected chi connectivity index (χ1v) is 36.4. The maximum absolute atomic E-state index is 12.9. The van der Waals surface area contributed by atoms with E-state index < -0.39 is 6.10 Å². The molecule has 0 rings (SSSR count). The number of hydrogen-bond acceptors (Lipinski definition) is 6. The molecular weight excluding hydrogens is 1020 g/mol. The van der Waals surface area contributed by atoms with Crippen molar-refractivity contribution in [2.75, 3.05) is 13.2 Å². The highest BCUT2D eigenvalue weighted by Gasteiger charge is 2.19. The van der Waals surface area contributed by atoms with E-state index in [1.165, 1.54) is 231 Å². The first-order chi connectivity index (χ1) is 41.0. The fourth-order valence-electron chi connectivity index (χ4n) is 10.8. The van der Waals surface area contributed by atoms with Gasteiger partial charge in [-0.15, -0.1) is 0 Å². The lowest BCUT2D eigenvalue weighted by Gasteiger charge is -2.18. The summed E-state index contributed by atoms with van der Waals surface area (Å²) in [6, 6.07) is 0. The molecule has 6 nitrogen and oxygen atoms in total. The molecule has 482 valence electrons. The second-order valence-electron chi connectivity index (χ2n) is 24.5. The Labute approximate surface area is 516 Å². The first-order valence-electron chi connectivity index (χ1n) is 36.4. The molecule has 0 N–H and O–H groups in total. The van der Waals surface area contributed by atoms with Crippen LogP contribution in [0.15, 0.2) is 72.9 Å². The van der Waals surface area contributed by atoms with Gasteiger partial charge in [-0.1, -0.05) is 344 Å². The van der Waals surface area contributed by atoms with Gasteiger partial charge in [-0.05, 0) is 89.9 Å². The number of carbonyl (C=O) groups excluding carboxylic acids is 3. The van der Waals surface area contributed by atoms with Crippen molar-refractivity contribution in [2.24, 2.45) is 0 Å². The number of allylic oxidation sites excluding steroid dienone is 12. The van der Waals surface area contributed by atoms with Crippen molar-refractivity contribution in [1.29, 1.82) is 0 Å². The highest BCUT2D eigenvalue weighted by Crippen LogP contribution is 2.19. The van der Waals surface area contributed by atoms with E-state index in [1.807, 2.05) is 0 Å². The SMILES string of the molecule is CC/C=C\C/C=C\C/C=C\C/C=C\CCCCC(=O)OC(COC(=O)CCCCCCC/C=C\C/C=C\CCCCC)COC(=O)CCCCCCCCCCCCCCCCCCCCCCCCCCCCCCCCCCCCC. The lowest BCUT2D eigenvalue weighted by molar-refractivity contribution is -0.167. The summed E-state index contributed by atoms with van der Waals surface area (Å²) >= 11 is 0. The van der Waals surface area contributed by atoms with Gasteiger partial charge in [0.15, 0.2) is 6.10 Å². The number of carbonyl (C=O) groups is 3. The molecule has 0 aromatic heterocycles. The van der Waals surface area contributed by atoms with Gasteiger partial charge in [-0.3, -0.25) is 14.4 Å². The largest absolute Gasteiger partial charge is 0.462 e. The molecule has 1 atom stereocenters. The van der Waals surface area contributed by atoms with E-state index in [0.717, 1.165) is 103 Å². The summed E-state index contributed by atoms with van der Waals surface area (Å²) in [5.74, 6) is -0.933. The first kappa shape index (κ1) is 79.8. The monoisotopic (exact) mass is 1160 g/mol. The van der Waals surface area contributed by atoms with Crippen LogP contribution < -0.4 is 0 Å². The van der Waals surface area contributed by atoms with E-state index in [2.05, 4.69) is 93.7 Å². The van der Waals surface area contributed by atoms with Gasteiger partial charge in [-0.2, -0.15) is 0 Å². The molecule has 0 saturated heterocycles. The second kappa shape index (κ2) is 71.3.